The molecule has 0 aromatic rings. The molecule has 0 unspecified atom stereocenters. The zero-order chi connectivity index (χ0) is 5.11. The van der Waals surface area contributed by atoms with Crippen LogP contribution in [0.25, 0.3) is 0 Å². The maximum absolute atomic E-state index is 3.32. The van der Waals surface area contributed by atoms with Gasteiger partial charge in [0.2, 0.25) is 0 Å². The molecule has 1 rings (SSSR count). The van der Waals surface area contributed by atoms with Gasteiger partial charge in [0, 0.05) is 0 Å². The van der Waals surface area contributed by atoms with Crippen LogP contribution in [-0.4, -0.2) is 0 Å². The Labute approximate surface area is 45.2 Å². The fraction of sp³-hybridized carbons (Fsp3) is 0.714. The summed E-state index contributed by atoms with van der Waals surface area (Å²) in [5.41, 5.74) is 1.56. The maximum Gasteiger partial charge on any atom is -0.0277 e. The van der Waals surface area contributed by atoms with Crippen molar-refractivity contribution in [3.8, 4) is 0 Å². The monoisotopic (exact) mass is 95.1 g/mol. The minimum atomic E-state index is 1.18. The predicted octanol–water partition coefficient (Wildman–Crippen LogP) is 2.31. The van der Waals surface area contributed by atoms with Crippen LogP contribution in [0, 0.1) is 6.08 Å². The number of allylic oxidation sites excluding steroid dienone is 2. The maximum atomic E-state index is 3.32. The first-order chi connectivity index (χ1) is 3.43. The molecule has 1 aliphatic carbocycles. The van der Waals surface area contributed by atoms with Crippen molar-refractivity contribution < 1.29 is 0 Å². The molecule has 39 valence electrons. The summed E-state index contributed by atoms with van der Waals surface area (Å²) < 4.78 is 0. The van der Waals surface area contributed by atoms with Crippen molar-refractivity contribution in [1.29, 1.82) is 0 Å². The molecule has 0 aliphatic heterocycles. The number of hydrogen-bond donors (Lipinski definition) is 0. The molecule has 0 atom stereocenters. The Hall–Kier alpha value is -0.260. The van der Waals surface area contributed by atoms with Crippen molar-refractivity contribution in [2.45, 2.75) is 32.6 Å². The third-order valence-electron chi connectivity index (χ3n) is 1.12. The lowest BCUT2D eigenvalue weighted by Gasteiger charge is -1.76. The molecule has 0 spiro atoms. The second-order valence-corrected chi connectivity index (χ2v) is 2.03. The highest BCUT2D eigenvalue weighted by Gasteiger charge is 2.08. The summed E-state index contributed by atoms with van der Waals surface area (Å²) in [6, 6.07) is 0. The van der Waals surface area contributed by atoms with Crippen LogP contribution in [-0.2, 0) is 0 Å². The van der Waals surface area contributed by atoms with Crippen LogP contribution < -0.4 is 0 Å². The fourth-order valence-corrected chi connectivity index (χ4v) is 0.541. The Kier molecular flexibility index (Phi) is 1.50. The Morgan fingerprint density at radius 2 is 2.29 bits per heavy atom. The molecule has 1 saturated carbocycles. The number of rotatable bonds is 2. The summed E-state index contributed by atoms with van der Waals surface area (Å²) in [4.78, 5) is 0. The van der Waals surface area contributed by atoms with Crippen LogP contribution in [0.5, 0.6) is 0 Å². The zero-order valence-corrected chi connectivity index (χ0v) is 4.83. The minimum absolute atomic E-state index is 1.18. The van der Waals surface area contributed by atoms with E-state index in [1.807, 2.05) is 0 Å². The SMILES string of the molecule is CCC[C]=C1CC1. The lowest BCUT2D eigenvalue weighted by atomic mass is 10.3. The van der Waals surface area contributed by atoms with Gasteiger partial charge in [-0.2, -0.15) is 0 Å². The second kappa shape index (κ2) is 2.15. The highest BCUT2D eigenvalue weighted by Crippen LogP contribution is 2.27. The standard InChI is InChI=1S/C7H11/c1-2-3-4-7-5-6-7/h2-3,5-6H2,1H3. The Morgan fingerprint density at radius 1 is 1.57 bits per heavy atom. The number of hydrogen-bond acceptors (Lipinski definition) is 0. The third kappa shape index (κ3) is 1.77. The lowest BCUT2D eigenvalue weighted by molar-refractivity contribution is 0.936. The molecule has 1 aliphatic rings. The van der Waals surface area contributed by atoms with Crippen LogP contribution in [0.15, 0.2) is 5.57 Å². The van der Waals surface area contributed by atoms with E-state index in [-0.39, 0.29) is 0 Å². The van der Waals surface area contributed by atoms with Gasteiger partial charge in [-0.1, -0.05) is 18.9 Å². The Morgan fingerprint density at radius 3 is 2.71 bits per heavy atom. The average molecular weight is 95.2 g/mol. The largest absolute Gasteiger partial charge is 0.0661 e. The molecule has 7 heavy (non-hydrogen) atoms. The van der Waals surface area contributed by atoms with Gasteiger partial charge >= 0.3 is 0 Å². The molecule has 0 aromatic heterocycles. The highest BCUT2D eigenvalue weighted by atomic mass is 14.1. The van der Waals surface area contributed by atoms with Gasteiger partial charge in [-0.25, -0.2) is 0 Å². The first-order valence-corrected chi connectivity index (χ1v) is 3.02. The van der Waals surface area contributed by atoms with Crippen LogP contribution in [0.2, 0.25) is 0 Å². The van der Waals surface area contributed by atoms with Crippen LogP contribution in [0.4, 0.5) is 0 Å². The average Bonchev–Trinajstić information content (AvgIpc) is 2.42. The molecule has 1 radical (unpaired) electrons. The highest BCUT2D eigenvalue weighted by molar-refractivity contribution is 5.11. The third-order valence-corrected chi connectivity index (χ3v) is 1.12. The predicted molar refractivity (Wildman–Crippen MR) is 30.9 cm³/mol. The first kappa shape index (κ1) is 4.89. The van der Waals surface area contributed by atoms with E-state index in [1.54, 1.807) is 5.57 Å². The summed E-state index contributed by atoms with van der Waals surface area (Å²) in [5.74, 6) is 0. The van der Waals surface area contributed by atoms with E-state index in [2.05, 4.69) is 13.0 Å². The molecule has 0 saturated heterocycles. The molecule has 0 aromatic carbocycles. The normalized spacial score (nSPS) is 17.0. The van der Waals surface area contributed by atoms with Crippen molar-refractivity contribution in [3.63, 3.8) is 0 Å². The molecular formula is C7H11. The summed E-state index contributed by atoms with van der Waals surface area (Å²) in [5, 5.41) is 0. The van der Waals surface area contributed by atoms with Gasteiger partial charge in [-0.05, 0) is 25.3 Å². The lowest BCUT2D eigenvalue weighted by Crippen LogP contribution is -1.58. The van der Waals surface area contributed by atoms with Crippen LogP contribution in [0.3, 0.4) is 0 Å². The second-order valence-electron chi connectivity index (χ2n) is 2.03. The number of unbranched alkanes of at least 4 members (excludes halogenated alkanes) is 1. The van der Waals surface area contributed by atoms with Crippen LogP contribution >= 0.6 is 0 Å². The summed E-state index contributed by atoms with van der Waals surface area (Å²) in [6.45, 7) is 2.19. The van der Waals surface area contributed by atoms with Gasteiger partial charge in [0.15, 0.2) is 0 Å². The molecule has 0 N–H and O–H groups in total. The quantitative estimate of drug-likeness (QED) is 0.493. The van der Waals surface area contributed by atoms with Crippen molar-refractivity contribution in [1.82, 2.24) is 0 Å². The topological polar surface area (TPSA) is 0 Å². The van der Waals surface area contributed by atoms with Crippen LogP contribution in [0.1, 0.15) is 32.6 Å². The van der Waals surface area contributed by atoms with Gasteiger partial charge in [-0.3, -0.25) is 0 Å². The first-order valence-electron chi connectivity index (χ1n) is 3.02. The molecule has 0 amide bonds. The summed E-state index contributed by atoms with van der Waals surface area (Å²) >= 11 is 0. The van der Waals surface area contributed by atoms with E-state index in [1.165, 1.54) is 25.7 Å². The fourth-order valence-electron chi connectivity index (χ4n) is 0.541. The molecular weight excluding hydrogens is 84.1 g/mol. The van der Waals surface area contributed by atoms with Crippen molar-refractivity contribution in [2.24, 2.45) is 0 Å². The Bertz CT molecular complexity index is 74.0. The van der Waals surface area contributed by atoms with Crippen molar-refractivity contribution >= 4 is 0 Å². The van der Waals surface area contributed by atoms with Crippen molar-refractivity contribution in [2.75, 3.05) is 0 Å². The summed E-state index contributed by atoms with van der Waals surface area (Å²) in [6.07, 6.45) is 8.42. The van der Waals surface area contributed by atoms with Gasteiger partial charge < -0.3 is 0 Å². The zero-order valence-electron chi connectivity index (χ0n) is 4.83. The molecule has 0 heteroatoms. The minimum Gasteiger partial charge on any atom is -0.0661 e. The van der Waals surface area contributed by atoms with Gasteiger partial charge in [-0.15, -0.1) is 0 Å². The smallest absolute Gasteiger partial charge is 0.0277 e. The summed E-state index contributed by atoms with van der Waals surface area (Å²) in [7, 11) is 0. The molecule has 1 fully saturated rings. The van der Waals surface area contributed by atoms with E-state index >= 15 is 0 Å². The molecule has 0 nitrogen and oxygen atoms in total. The van der Waals surface area contributed by atoms with E-state index < -0.39 is 0 Å². The van der Waals surface area contributed by atoms with Gasteiger partial charge in [0.05, 0.1) is 0 Å². The van der Waals surface area contributed by atoms with E-state index in [0.29, 0.717) is 0 Å². The molecule has 0 heterocycles. The van der Waals surface area contributed by atoms with E-state index in [4.69, 9.17) is 0 Å². The van der Waals surface area contributed by atoms with E-state index in [9.17, 15) is 0 Å². The van der Waals surface area contributed by atoms with Gasteiger partial charge in [0.1, 0.15) is 0 Å². The van der Waals surface area contributed by atoms with Gasteiger partial charge in [0.25, 0.3) is 0 Å². The van der Waals surface area contributed by atoms with E-state index in [0.717, 1.165) is 0 Å². The molecule has 0 bridgehead atoms. The van der Waals surface area contributed by atoms with Crippen molar-refractivity contribution in [3.05, 3.63) is 11.6 Å². The Balaban J connectivity index is 2.07.